The van der Waals surface area contributed by atoms with Gasteiger partial charge in [0, 0.05) is 29.6 Å². The van der Waals surface area contributed by atoms with Crippen LogP contribution in [0, 0.1) is 5.92 Å². The summed E-state index contributed by atoms with van der Waals surface area (Å²) >= 11 is 0. The Morgan fingerprint density at radius 1 is 0.914 bits per heavy atom. The van der Waals surface area contributed by atoms with Crippen molar-refractivity contribution < 1.29 is 22.4 Å². The van der Waals surface area contributed by atoms with Crippen LogP contribution >= 0.6 is 0 Å². The smallest absolute Gasteiger partial charge is 0.416 e. The van der Waals surface area contributed by atoms with Gasteiger partial charge in [0.1, 0.15) is 5.58 Å². The molecule has 2 fully saturated rings. The monoisotopic (exact) mass is 484 g/mol. The highest BCUT2D eigenvalue weighted by Crippen LogP contribution is 2.35. The second-order valence-corrected chi connectivity index (χ2v) is 9.90. The average Bonchev–Trinajstić information content (AvgIpc) is 3.31. The number of fused-ring (bicyclic) bond motifs is 1. The molecule has 35 heavy (non-hydrogen) atoms. The number of rotatable bonds is 5. The molecule has 0 unspecified atom stereocenters. The predicted molar refractivity (Wildman–Crippen MR) is 129 cm³/mol. The van der Waals surface area contributed by atoms with Gasteiger partial charge in [-0.1, -0.05) is 18.2 Å². The van der Waals surface area contributed by atoms with Crippen LogP contribution in [0.15, 0.2) is 59.2 Å². The maximum absolute atomic E-state index is 12.8. The van der Waals surface area contributed by atoms with Crippen molar-refractivity contribution in [1.82, 2.24) is 9.80 Å². The highest BCUT2D eigenvalue weighted by atomic mass is 19.4. The third-order valence-corrected chi connectivity index (χ3v) is 7.75. The first kappa shape index (κ1) is 23.9. The lowest BCUT2D eigenvalue weighted by Gasteiger charge is -2.35. The van der Waals surface area contributed by atoms with Crippen LogP contribution in [0.5, 0.6) is 0 Å². The van der Waals surface area contributed by atoms with E-state index < -0.39 is 11.7 Å². The number of likely N-dealkylation sites (tertiary alicyclic amines) is 2. The van der Waals surface area contributed by atoms with Crippen molar-refractivity contribution in [3.05, 3.63) is 71.5 Å². The molecule has 7 heteroatoms. The molecular formula is C28H31F3N2O2. The quantitative estimate of drug-likeness (QED) is 0.411. The largest absolute Gasteiger partial charge is 0.464 e. The van der Waals surface area contributed by atoms with Crippen molar-refractivity contribution in [3.8, 4) is 0 Å². The number of furan rings is 1. The van der Waals surface area contributed by atoms with Crippen LogP contribution in [-0.4, -0.2) is 48.4 Å². The van der Waals surface area contributed by atoms with E-state index in [1.165, 1.54) is 23.1 Å². The van der Waals surface area contributed by atoms with E-state index >= 15 is 0 Å². The molecule has 0 bridgehead atoms. The van der Waals surface area contributed by atoms with E-state index in [1.54, 1.807) is 4.90 Å². The summed E-state index contributed by atoms with van der Waals surface area (Å²) in [5.41, 5.74) is 1.90. The average molecular weight is 485 g/mol. The lowest BCUT2D eigenvalue weighted by molar-refractivity contribution is -0.137. The van der Waals surface area contributed by atoms with E-state index in [0.29, 0.717) is 30.5 Å². The predicted octanol–water partition coefficient (Wildman–Crippen LogP) is 6.57. The zero-order valence-electron chi connectivity index (χ0n) is 19.8. The molecule has 2 aliphatic heterocycles. The van der Waals surface area contributed by atoms with Crippen LogP contribution in [0.3, 0.4) is 0 Å². The van der Waals surface area contributed by atoms with Gasteiger partial charge in [-0.15, -0.1) is 0 Å². The highest BCUT2D eigenvalue weighted by Gasteiger charge is 2.31. The van der Waals surface area contributed by atoms with E-state index in [9.17, 15) is 18.0 Å². The molecule has 2 aromatic carbocycles. The van der Waals surface area contributed by atoms with Gasteiger partial charge in [-0.05, 0) is 93.9 Å². The lowest BCUT2D eigenvalue weighted by Crippen LogP contribution is -2.40. The Kier molecular flexibility index (Phi) is 6.87. The summed E-state index contributed by atoms with van der Waals surface area (Å²) in [6, 6.07) is 12.8. The van der Waals surface area contributed by atoms with Crippen molar-refractivity contribution in [2.75, 3.05) is 32.7 Å². The summed E-state index contributed by atoms with van der Waals surface area (Å²) in [5, 5.41) is 1.24. The van der Waals surface area contributed by atoms with Crippen molar-refractivity contribution in [3.63, 3.8) is 0 Å². The third kappa shape index (κ3) is 5.40. The number of carbonyl (C=O) groups is 1. The second-order valence-electron chi connectivity index (χ2n) is 9.90. The minimum Gasteiger partial charge on any atom is -0.464 e. The molecule has 0 aliphatic carbocycles. The molecule has 0 radical (unpaired) electrons. The molecule has 2 aliphatic rings. The molecule has 5 rings (SSSR count). The number of amides is 1. The number of carbonyl (C=O) groups excluding carboxylic acids is 1. The van der Waals surface area contributed by atoms with Crippen molar-refractivity contribution in [1.29, 1.82) is 0 Å². The van der Waals surface area contributed by atoms with Crippen LogP contribution in [-0.2, 0) is 6.18 Å². The molecule has 3 aromatic rings. The SMILES string of the molecule is O=C(c1ccc(C(F)(F)F)cc1)N1CCC(CCN2CCC(c3coc4ccccc34)CC2)CC1. The number of hydrogen-bond acceptors (Lipinski definition) is 3. The zero-order valence-corrected chi connectivity index (χ0v) is 19.8. The standard InChI is InChI=1S/C28H31F3N2O2/c29-28(30,31)23-7-5-22(6-8-23)27(34)33-17-10-20(11-18-33)9-14-32-15-12-21(13-16-32)25-19-35-26-4-2-1-3-24(25)26/h1-8,19-21H,9-18H2. The topological polar surface area (TPSA) is 36.7 Å². The molecule has 0 atom stereocenters. The molecule has 0 saturated carbocycles. The van der Waals surface area contributed by atoms with Crippen molar-refractivity contribution >= 4 is 16.9 Å². The molecule has 1 amide bonds. The number of benzene rings is 2. The van der Waals surface area contributed by atoms with Crippen LogP contribution in [0.4, 0.5) is 13.2 Å². The Balaban J connectivity index is 1.05. The maximum Gasteiger partial charge on any atom is 0.416 e. The van der Waals surface area contributed by atoms with Crippen molar-refractivity contribution in [2.45, 2.75) is 44.2 Å². The molecule has 3 heterocycles. The van der Waals surface area contributed by atoms with Gasteiger partial charge < -0.3 is 14.2 Å². The van der Waals surface area contributed by atoms with E-state index in [0.717, 1.165) is 69.5 Å². The molecular weight excluding hydrogens is 453 g/mol. The fraction of sp³-hybridized carbons (Fsp3) is 0.464. The minimum atomic E-state index is -4.39. The fourth-order valence-corrected chi connectivity index (χ4v) is 5.56. The van der Waals surface area contributed by atoms with E-state index in [2.05, 4.69) is 17.0 Å². The molecule has 1 aromatic heterocycles. The van der Waals surface area contributed by atoms with Crippen LogP contribution in [0.25, 0.3) is 11.0 Å². The first-order chi connectivity index (χ1) is 16.9. The van der Waals surface area contributed by atoms with Gasteiger partial charge in [-0.3, -0.25) is 4.79 Å². The summed E-state index contributed by atoms with van der Waals surface area (Å²) in [6.07, 6.45) is 2.86. The van der Waals surface area contributed by atoms with Crippen LogP contribution < -0.4 is 0 Å². The summed E-state index contributed by atoms with van der Waals surface area (Å²) in [4.78, 5) is 17.0. The summed E-state index contributed by atoms with van der Waals surface area (Å²) in [5.74, 6) is 0.961. The Bertz CT molecular complexity index is 1140. The van der Waals surface area contributed by atoms with Crippen molar-refractivity contribution in [2.24, 2.45) is 5.92 Å². The number of nitrogens with zero attached hydrogens (tertiary/aromatic N) is 2. The molecule has 0 N–H and O–H groups in total. The van der Waals surface area contributed by atoms with Gasteiger partial charge in [-0.25, -0.2) is 0 Å². The Labute approximate surface area is 203 Å². The fourth-order valence-electron chi connectivity index (χ4n) is 5.56. The second kappa shape index (κ2) is 10.1. The Morgan fingerprint density at radius 2 is 1.60 bits per heavy atom. The number of alkyl halides is 3. The number of para-hydroxylation sites is 1. The van der Waals surface area contributed by atoms with Gasteiger partial charge in [-0.2, -0.15) is 13.2 Å². The zero-order chi connectivity index (χ0) is 24.4. The first-order valence-corrected chi connectivity index (χ1v) is 12.5. The number of piperidine rings is 2. The first-order valence-electron chi connectivity index (χ1n) is 12.5. The molecule has 0 spiro atoms. The van der Waals surface area contributed by atoms with Crippen LogP contribution in [0.2, 0.25) is 0 Å². The molecule has 2 saturated heterocycles. The summed E-state index contributed by atoms with van der Waals surface area (Å²) < 4.78 is 44.0. The Hall–Kier alpha value is -2.80. The van der Waals surface area contributed by atoms with Gasteiger partial charge in [0.2, 0.25) is 0 Å². The van der Waals surface area contributed by atoms with E-state index in [4.69, 9.17) is 4.42 Å². The molecule has 186 valence electrons. The maximum atomic E-state index is 12.8. The number of hydrogen-bond donors (Lipinski definition) is 0. The summed E-state index contributed by atoms with van der Waals surface area (Å²) in [7, 11) is 0. The van der Waals surface area contributed by atoms with E-state index in [1.807, 2.05) is 18.4 Å². The Morgan fingerprint density at radius 3 is 2.29 bits per heavy atom. The van der Waals surface area contributed by atoms with E-state index in [-0.39, 0.29) is 5.91 Å². The van der Waals surface area contributed by atoms with Crippen LogP contribution in [0.1, 0.15) is 59.5 Å². The number of halogens is 3. The minimum absolute atomic E-state index is 0.175. The van der Waals surface area contributed by atoms with Gasteiger partial charge in [0.25, 0.3) is 5.91 Å². The lowest BCUT2D eigenvalue weighted by atomic mass is 9.88. The third-order valence-electron chi connectivity index (χ3n) is 7.75. The van der Waals surface area contributed by atoms with Gasteiger partial charge in [0.05, 0.1) is 11.8 Å². The highest BCUT2D eigenvalue weighted by molar-refractivity contribution is 5.94. The normalized spacial score (nSPS) is 18.9. The molecule has 4 nitrogen and oxygen atoms in total. The van der Waals surface area contributed by atoms with Gasteiger partial charge in [0.15, 0.2) is 0 Å². The summed E-state index contributed by atoms with van der Waals surface area (Å²) in [6.45, 7) is 4.60. The van der Waals surface area contributed by atoms with Gasteiger partial charge >= 0.3 is 6.18 Å².